The summed E-state index contributed by atoms with van der Waals surface area (Å²) < 4.78 is 31.0. The van der Waals surface area contributed by atoms with Crippen LogP contribution in [0, 0.1) is 0 Å². The van der Waals surface area contributed by atoms with Crippen LogP contribution >= 0.6 is 22.6 Å². The van der Waals surface area contributed by atoms with Crippen molar-refractivity contribution in [1.82, 2.24) is 0 Å². The van der Waals surface area contributed by atoms with Crippen molar-refractivity contribution in [2.45, 2.75) is 11.8 Å². The molecule has 5 nitrogen and oxygen atoms in total. The van der Waals surface area contributed by atoms with Gasteiger partial charge in [-0.2, -0.15) is 13.5 Å². The van der Waals surface area contributed by atoms with E-state index in [1.807, 2.05) is 29.5 Å². The van der Waals surface area contributed by atoms with Crippen molar-refractivity contribution in [3.63, 3.8) is 0 Å². The van der Waals surface area contributed by atoms with Crippen LogP contribution in [0.15, 0.2) is 34.3 Å². The smallest absolute Gasteiger partial charge is 0.282 e. The van der Waals surface area contributed by atoms with E-state index in [1.165, 1.54) is 24.3 Å². The quantitative estimate of drug-likeness (QED) is 0.382. The zero-order valence-corrected chi connectivity index (χ0v) is 10.8. The molecule has 0 amide bonds. The molecule has 0 aliphatic rings. The molecule has 0 atom stereocenters. The van der Waals surface area contributed by atoms with Crippen LogP contribution in [0.3, 0.4) is 0 Å². The lowest BCUT2D eigenvalue weighted by atomic mass is 10.3. The SMILES string of the molecule is C/C(I)=N\Nc1ccc(S(=O)(=O)O)cc1. The van der Waals surface area contributed by atoms with Crippen LogP contribution in [-0.2, 0) is 10.1 Å². The maximum Gasteiger partial charge on any atom is 0.294 e. The topological polar surface area (TPSA) is 78.8 Å². The minimum absolute atomic E-state index is 0.136. The minimum atomic E-state index is -4.12. The van der Waals surface area contributed by atoms with Gasteiger partial charge in [-0.15, -0.1) is 0 Å². The highest BCUT2D eigenvalue weighted by molar-refractivity contribution is 14.1. The van der Waals surface area contributed by atoms with E-state index in [9.17, 15) is 8.42 Å². The van der Waals surface area contributed by atoms with E-state index in [0.717, 1.165) is 3.72 Å². The van der Waals surface area contributed by atoms with Crippen LogP contribution in [0.25, 0.3) is 0 Å². The number of anilines is 1. The Labute approximate surface area is 101 Å². The lowest BCUT2D eigenvalue weighted by molar-refractivity contribution is 0.483. The number of nitrogens with one attached hydrogen (secondary N) is 1. The second kappa shape index (κ2) is 4.90. The molecule has 0 radical (unpaired) electrons. The van der Waals surface area contributed by atoms with E-state index < -0.39 is 10.1 Å². The van der Waals surface area contributed by atoms with Gasteiger partial charge < -0.3 is 0 Å². The second-order valence-corrected chi connectivity index (χ2v) is 5.70. The Balaban J connectivity index is 2.87. The fourth-order valence-electron chi connectivity index (χ4n) is 0.843. The van der Waals surface area contributed by atoms with E-state index >= 15 is 0 Å². The number of nitrogens with zero attached hydrogens (tertiary/aromatic N) is 1. The monoisotopic (exact) mass is 340 g/mol. The Hall–Kier alpha value is -0.670. The molecule has 0 saturated carbocycles. The molecule has 0 spiro atoms. The van der Waals surface area contributed by atoms with Gasteiger partial charge in [0.2, 0.25) is 0 Å². The van der Waals surface area contributed by atoms with Crippen LogP contribution in [0.2, 0.25) is 0 Å². The summed E-state index contributed by atoms with van der Waals surface area (Å²) in [5.41, 5.74) is 3.38. The van der Waals surface area contributed by atoms with Crippen LogP contribution in [0.1, 0.15) is 6.92 Å². The average Bonchev–Trinajstić information content (AvgIpc) is 2.14. The first-order chi connectivity index (χ1) is 6.89. The van der Waals surface area contributed by atoms with Gasteiger partial charge in [0.15, 0.2) is 0 Å². The molecule has 0 aromatic heterocycles. The Morgan fingerprint density at radius 2 is 1.93 bits per heavy atom. The van der Waals surface area contributed by atoms with E-state index in [0.29, 0.717) is 5.69 Å². The van der Waals surface area contributed by atoms with Gasteiger partial charge in [-0.25, -0.2) is 0 Å². The third-order valence-corrected chi connectivity index (χ3v) is 2.60. The number of rotatable bonds is 3. The van der Waals surface area contributed by atoms with Crippen molar-refractivity contribution in [1.29, 1.82) is 0 Å². The number of benzene rings is 1. The van der Waals surface area contributed by atoms with Crippen molar-refractivity contribution in [3.8, 4) is 0 Å². The molecule has 2 N–H and O–H groups in total. The first-order valence-electron chi connectivity index (χ1n) is 3.93. The van der Waals surface area contributed by atoms with Gasteiger partial charge in [0, 0.05) is 0 Å². The van der Waals surface area contributed by atoms with Crippen LogP contribution in [0.4, 0.5) is 5.69 Å². The molecule has 1 aromatic carbocycles. The Morgan fingerprint density at radius 1 is 1.40 bits per heavy atom. The molecule has 0 bridgehead atoms. The highest BCUT2D eigenvalue weighted by Gasteiger charge is 2.07. The fourth-order valence-corrected chi connectivity index (χ4v) is 1.44. The number of hydrogen-bond donors (Lipinski definition) is 2. The maximum absolute atomic E-state index is 10.7. The molecule has 0 heterocycles. The molecule has 7 heteroatoms. The minimum Gasteiger partial charge on any atom is -0.282 e. The maximum atomic E-state index is 10.7. The van der Waals surface area contributed by atoms with E-state index in [1.54, 1.807) is 0 Å². The predicted molar refractivity (Wildman–Crippen MR) is 67.0 cm³/mol. The van der Waals surface area contributed by atoms with E-state index in [-0.39, 0.29) is 4.90 Å². The zero-order chi connectivity index (χ0) is 11.5. The van der Waals surface area contributed by atoms with Crippen LogP contribution < -0.4 is 5.43 Å². The van der Waals surface area contributed by atoms with Crippen molar-refractivity contribution in [2.24, 2.45) is 5.10 Å². The molecule has 0 unspecified atom stereocenters. The number of halogens is 1. The Bertz CT molecular complexity index is 463. The zero-order valence-electron chi connectivity index (χ0n) is 7.81. The molecular weight excluding hydrogens is 331 g/mol. The summed E-state index contributed by atoms with van der Waals surface area (Å²) in [6, 6.07) is 5.64. The standard InChI is InChI=1S/C8H9IN2O3S/c1-6(9)10-11-7-2-4-8(5-3-7)15(12,13)14/h2-5,11H,1H3,(H,12,13,14)/b10-6+. The molecule has 0 aliphatic carbocycles. The van der Waals surface area contributed by atoms with Gasteiger partial charge in [-0.05, 0) is 53.8 Å². The Morgan fingerprint density at radius 3 is 2.33 bits per heavy atom. The summed E-state index contributed by atoms with van der Waals surface area (Å²) in [5, 5.41) is 3.93. The summed E-state index contributed by atoms with van der Waals surface area (Å²) in [5.74, 6) is 0. The molecule has 0 aliphatic heterocycles. The number of hydrogen-bond acceptors (Lipinski definition) is 4. The van der Waals surface area contributed by atoms with Crippen molar-refractivity contribution >= 4 is 42.1 Å². The highest BCUT2D eigenvalue weighted by Crippen LogP contribution is 2.13. The van der Waals surface area contributed by atoms with Gasteiger partial charge >= 0.3 is 0 Å². The van der Waals surface area contributed by atoms with Gasteiger partial charge in [0.1, 0.15) is 0 Å². The van der Waals surface area contributed by atoms with Crippen molar-refractivity contribution in [2.75, 3.05) is 5.43 Å². The largest absolute Gasteiger partial charge is 0.294 e. The van der Waals surface area contributed by atoms with E-state index in [2.05, 4.69) is 10.5 Å². The van der Waals surface area contributed by atoms with Crippen molar-refractivity contribution < 1.29 is 13.0 Å². The summed E-state index contributed by atoms with van der Waals surface area (Å²) >= 11 is 2.04. The van der Waals surface area contributed by atoms with Crippen LogP contribution in [0.5, 0.6) is 0 Å². The Kier molecular flexibility index (Phi) is 4.05. The first-order valence-corrected chi connectivity index (χ1v) is 6.45. The first kappa shape index (κ1) is 12.4. The molecule has 15 heavy (non-hydrogen) atoms. The molecule has 0 fully saturated rings. The van der Waals surface area contributed by atoms with Gasteiger partial charge in [0.05, 0.1) is 14.3 Å². The number of hydrazone groups is 1. The normalized spacial score (nSPS) is 12.6. The molecule has 82 valence electrons. The third-order valence-electron chi connectivity index (χ3n) is 1.49. The molecule has 1 aromatic rings. The molecular formula is C8H9IN2O3S. The lowest BCUT2D eigenvalue weighted by Crippen LogP contribution is -1.98. The van der Waals surface area contributed by atoms with Gasteiger partial charge in [-0.1, -0.05) is 0 Å². The van der Waals surface area contributed by atoms with Gasteiger partial charge in [-0.3, -0.25) is 9.98 Å². The van der Waals surface area contributed by atoms with Crippen molar-refractivity contribution in [3.05, 3.63) is 24.3 Å². The van der Waals surface area contributed by atoms with E-state index in [4.69, 9.17) is 4.55 Å². The van der Waals surface area contributed by atoms with Gasteiger partial charge in [0.25, 0.3) is 10.1 Å². The third kappa shape index (κ3) is 4.14. The van der Waals surface area contributed by atoms with Crippen LogP contribution in [-0.4, -0.2) is 16.7 Å². The second-order valence-electron chi connectivity index (χ2n) is 2.72. The summed E-state index contributed by atoms with van der Waals surface area (Å²) in [7, 11) is -4.12. The fraction of sp³-hybridized carbons (Fsp3) is 0.125. The lowest BCUT2D eigenvalue weighted by Gasteiger charge is -2.01. The highest BCUT2D eigenvalue weighted by atomic mass is 127. The average molecular weight is 340 g/mol. The molecule has 0 saturated heterocycles. The predicted octanol–water partition coefficient (Wildman–Crippen LogP) is 2.11. The summed E-state index contributed by atoms with van der Waals surface area (Å²) in [6.07, 6.45) is 0. The summed E-state index contributed by atoms with van der Waals surface area (Å²) in [6.45, 7) is 1.82. The molecule has 1 rings (SSSR count). The summed E-state index contributed by atoms with van der Waals surface area (Å²) in [4.78, 5) is -0.136.